The van der Waals surface area contributed by atoms with E-state index >= 15 is 0 Å². The molecule has 1 aliphatic carbocycles. The van der Waals surface area contributed by atoms with Crippen molar-refractivity contribution in [3.8, 4) is 11.1 Å². The Morgan fingerprint density at radius 3 is 2.31 bits per heavy atom. The molecule has 3 N–H and O–H groups in total. The maximum atomic E-state index is 13.6. The van der Waals surface area contributed by atoms with Crippen LogP contribution in [-0.2, 0) is 11.3 Å². The topological polar surface area (TPSA) is 87.9 Å². The van der Waals surface area contributed by atoms with E-state index in [-0.39, 0.29) is 23.9 Å². The third-order valence-corrected chi connectivity index (χ3v) is 9.86. The number of carbonyl (C=O) groups is 2. The van der Waals surface area contributed by atoms with Gasteiger partial charge in [-0.25, -0.2) is 0 Å². The molecule has 1 saturated heterocycles. The van der Waals surface area contributed by atoms with Gasteiger partial charge in [-0.1, -0.05) is 36.4 Å². The molecule has 7 nitrogen and oxygen atoms in total. The Morgan fingerprint density at radius 1 is 0.881 bits per heavy atom. The largest absolute Gasteiger partial charge is 0.378 e. The van der Waals surface area contributed by atoms with Gasteiger partial charge in [0.05, 0.1) is 34.3 Å². The maximum absolute atomic E-state index is 13.6. The summed E-state index contributed by atoms with van der Waals surface area (Å²) in [5.41, 5.74) is 11.1. The first kappa shape index (κ1) is 28.6. The summed E-state index contributed by atoms with van der Waals surface area (Å²) in [6.45, 7) is 3.41. The number of benzene rings is 2. The van der Waals surface area contributed by atoms with Crippen LogP contribution in [0, 0.1) is 0 Å². The van der Waals surface area contributed by atoms with Crippen LogP contribution in [0.5, 0.6) is 0 Å². The fraction of sp³-hybridized carbons (Fsp3) is 0.333. The molecule has 2 aromatic carbocycles. The van der Waals surface area contributed by atoms with Gasteiger partial charge in [-0.2, -0.15) is 0 Å². The number of carbonyl (C=O) groups excluding carboxylic acids is 2. The number of hydrogen-bond acceptors (Lipinski definition) is 7. The second-order valence-electron chi connectivity index (χ2n) is 10.9. The van der Waals surface area contributed by atoms with Crippen LogP contribution in [0.25, 0.3) is 11.1 Å². The van der Waals surface area contributed by atoms with Crippen molar-refractivity contribution in [1.29, 1.82) is 0 Å². The number of rotatable bonds is 8. The molecular weight excluding hydrogens is 565 g/mol. The number of nitrogens with two attached hydrogens (primary N) is 1. The predicted octanol–water partition coefficient (Wildman–Crippen LogP) is 6.48. The van der Waals surface area contributed by atoms with Crippen LogP contribution < -0.4 is 16.0 Å². The monoisotopic (exact) mass is 600 g/mol. The third-order valence-electron chi connectivity index (χ3n) is 8.13. The molecule has 218 valence electrons. The van der Waals surface area contributed by atoms with Crippen molar-refractivity contribution in [3.63, 3.8) is 0 Å². The summed E-state index contributed by atoms with van der Waals surface area (Å²) < 4.78 is 5.57. The number of hydrogen-bond donors (Lipinski definition) is 2. The van der Waals surface area contributed by atoms with Crippen molar-refractivity contribution in [2.75, 3.05) is 36.5 Å². The SMILES string of the molecule is NC1CCC(N(Cc2cccc(-c3ccc(N4CCOCC4)c(NC(=O)c4cccs4)c3)c2)C(=O)c2cccs2)CC1. The van der Waals surface area contributed by atoms with E-state index in [1.165, 1.54) is 22.7 Å². The van der Waals surface area contributed by atoms with Gasteiger partial charge < -0.3 is 25.6 Å². The minimum absolute atomic E-state index is 0.0873. The lowest BCUT2D eigenvalue weighted by molar-refractivity contribution is 0.0611. The number of morpholine rings is 1. The molecule has 6 rings (SSSR count). The fourth-order valence-electron chi connectivity index (χ4n) is 5.86. The van der Waals surface area contributed by atoms with Crippen LogP contribution in [0.15, 0.2) is 77.5 Å². The molecule has 0 unspecified atom stereocenters. The summed E-state index contributed by atoms with van der Waals surface area (Å²) >= 11 is 2.92. The molecule has 0 bridgehead atoms. The van der Waals surface area contributed by atoms with Crippen LogP contribution in [0.3, 0.4) is 0 Å². The minimum Gasteiger partial charge on any atom is -0.378 e. The lowest BCUT2D eigenvalue weighted by atomic mass is 9.90. The third kappa shape index (κ3) is 6.60. The Hall–Kier alpha value is -3.50. The van der Waals surface area contributed by atoms with E-state index < -0.39 is 0 Å². The Kier molecular flexibility index (Phi) is 9.00. The van der Waals surface area contributed by atoms with Crippen molar-refractivity contribution in [1.82, 2.24) is 4.90 Å². The zero-order valence-electron chi connectivity index (χ0n) is 23.5. The van der Waals surface area contributed by atoms with Crippen molar-refractivity contribution in [2.45, 2.75) is 44.3 Å². The Bertz CT molecular complexity index is 1490. The lowest BCUT2D eigenvalue weighted by Crippen LogP contribution is -2.43. The zero-order valence-corrected chi connectivity index (χ0v) is 25.2. The van der Waals surface area contributed by atoms with Crippen LogP contribution in [0.1, 0.15) is 50.6 Å². The van der Waals surface area contributed by atoms with Crippen LogP contribution in [0.2, 0.25) is 0 Å². The van der Waals surface area contributed by atoms with Crippen molar-refractivity contribution < 1.29 is 14.3 Å². The average Bonchev–Trinajstić information content (AvgIpc) is 3.76. The highest BCUT2D eigenvalue weighted by atomic mass is 32.1. The summed E-state index contributed by atoms with van der Waals surface area (Å²) in [7, 11) is 0. The second kappa shape index (κ2) is 13.2. The number of nitrogens with zero attached hydrogens (tertiary/aromatic N) is 2. The normalized spacial score (nSPS) is 18.9. The highest BCUT2D eigenvalue weighted by molar-refractivity contribution is 7.12. The molecule has 9 heteroatoms. The number of amides is 2. The van der Waals surface area contributed by atoms with Crippen LogP contribution >= 0.6 is 22.7 Å². The Balaban J connectivity index is 1.28. The first-order chi connectivity index (χ1) is 20.5. The van der Waals surface area contributed by atoms with E-state index in [1.54, 1.807) is 0 Å². The highest BCUT2D eigenvalue weighted by Crippen LogP contribution is 2.34. The molecule has 42 heavy (non-hydrogen) atoms. The van der Waals surface area contributed by atoms with Gasteiger partial charge in [-0.3, -0.25) is 9.59 Å². The highest BCUT2D eigenvalue weighted by Gasteiger charge is 2.29. The molecule has 4 aromatic rings. The molecular formula is C33H36N4O3S2. The molecule has 3 heterocycles. The van der Waals surface area contributed by atoms with Gasteiger partial charge in [0.1, 0.15) is 0 Å². The van der Waals surface area contributed by atoms with E-state index in [0.29, 0.717) is 24.6 Å². The van der Waals surface area contributed by atoms with E-state index in [9.17, 15) is 9.59 Å². The van der Waals surface area contributed by atoms with E-state index in [0.717, 1.165) is 71.7 Å². The van der Waals surface area contributed by atoms with Gasteiger partial charge in [0.25, 0.3) is 11.8 Å². The average molecular weight is 601 g/mol. The van der Waals surface area contributed by atoms with Gasteiger partial charge in [-0.15, -0.1) is 22.7 Å². The van der Waals surface area contributed by atoms with E-state index in [2.05, 4.69) is 52.7 Å². The molecule has 2 aliphatic rings. The number of ether oxygens (including phenoxy) is 1. The number of nitrogens with one attached hydrogen (secondary N) is 1. The number of anilines is 2. The molecule has 0 atom stereocenters. The quantitative estimate of drug-likeness (QED) is 0.242. The molecule has 2 aromatic heterocycles. The first-order valence-electron chi connectivity index (χ1n) is 14.6. The zero-order chi connectivity index (χ0) is 28.9. The molecule has 0 spiro atoms. The molecule has 2 fully saturated rings. The van der Waals surface area contributed by atoms with Crippen LogP contribution in [-0.4, -0.2) is 55.1 Å². The standard InChI is InChI=1S/C33H36N4O3S2/c34-26-9-11-27(12-10-26)37(33(39)31-7-3-19-42-31)22-23-4-1-5-24(20-23)25-8-13-29(36-14-16-40-17-15-36)28(21-25)35-32(38)30-6-2-18-41-30/h1-8,13,18-21,26-27H,9-12,14-17,22,34H2,(H,35,38). The van der Waals surface area contributed by atoms with Gasteiger partial charge >= 0.3 is 0 Å². The predicted molar refractivity (Wildman–Crippen MR) is 172 cm³/mol. The molecule has 1 saturated carbocycles. The van der Waals surface area contributed by atoms with Gasteiger partial charge in [-0.05, 0) is 83.5 Å². The smallest absolute Gasteiger partial charge is 0.265 e. The Morgan fingerprint density at radius 2 is 1.60 bits per heavy atom. The fourth-order valence-corrected chi connectivity index (χ4v) is 7.15. The second-order valence-corrected chi connectivity index (χ2v) is 12.8. The van der Waals surface area contributed by atoms with Gasteiger partial charge in [0, 0.05) is 31.7 Å². The summed E-state index contributed by atoms with van der Waals surface area (Å²) in [5.74, 6) is -0.0235. The molecule has 0 radical (unpaired) electrons. The summed E-state index contributed by atoms with van der Waals surface area (Å²) in [6.07, 6.45) is 3.73. The van der Waals surface area contributed by atoms with Crippen molar-refractivity contribution >= 4 is 45.9 Å². The van der Waals surface area contributed by atoms with E-state index in [4.69, 9.17) is 10.5 Å². The summed E-state index contributed by atoms with van der Waals surface area (Å²) in [5, 5.41) is 7.04. The maximum Gasteiger partial charge on any atom is 0.265 e. The minimum atomic E-state index is -0.111. The van der Waals surface area contributed by atoms with Crippen molar-refractivity contribution in [3.05, 3.63) is 92.8 Å². The first-order valence-corrected chi connectivity index (χ1v) is 16.3. The van der Waals surface area contributed by atoms with Gasteiger partial charge in [0.2, 0.25) is 0 Å². The summed E-state index contributed by atoms with van der Waals surface area (Å²) in [4.78, 5) is 32.5. The lowest BCUT2D eigenvalue weighted by Gasteiger charge is -2.36. The molecule has 2 amide bonds. The number of thiophene rings is 2. The molecule has 1 aliphatic heterocycles. The van der Waals surface area contributed by atoms with Crippen LogP contribution in [0.4, 0.5) is 11.4 Å². The van der Waals surface area contributed by atoms with E-state index in [1.807, 2.05) is 39.9 Å². The van der Waals surface area contributed by atoms with Crippen molar-refractivity contribution in [2.24, 2.45) is 5.73 Å². The Labute approximate surface area is 254 Å². The summed E-state index contributed by atoms with van der Waals surface area (Å²) in [6, 6.07) is 22.6. The van der Waals surface area contributed by atoms with Gasteiger partial charge in [0.15, 0.2) is 0 Å².